The highest BCUT2D eigenvalue weighted by atomic mass is 16.5. The van der Waals surface area contributed by atoms with Crippen LogP contribution in [0.1, 0.15) is 31.1 Å². The lowest BCUT2D eigenvalue weighted by Gasteiger charge is -2.16. The van der Waals surface area contributed by atoms with Crippen molar-refractivity contribution in [3.05, 3.63) is 78.4 Å². The molecule has 0 N–H and O–H groups in total. The van der Waals surface area contributed by atoms with Gasteiger partial charge in [0.2, 0.25) is 0 Å². The molecule has 0 saturated carbocycles. The quantitative estimate of drug-likeness (QED) is 0.407. The van der Waals surface area contributed by atoms with E-state index in [0.717, 1.165) is 16.3 Å². The van der Waals surface area contributed by atoms with E-state index in [1.54, 1.807) is 6.07 Å². The second-order valence-corrected chi connectivity index (χ2v) is 8.35. The molecule has 150 valence electrons. The zero-order valence-corrected chi connectivity index (χ0v) is 17.3. The fourth-order valence-corrected chi connectivity index (χ4v) is 3.36. The van der Waals surface area contributed by atoms with E-state index in [9.17, 15) is 9.59 Å². The van der Waals surface area contributed by atoms with Crippen LogP contribution in [-0.4, -0.2) is 23.3 Å². The molecule has 0 spiro atoms. The van der Waals surface area contributed by atoms with Crippen LogP contribution in [0, 0.1) is 5.41 Å². The highest BCUT2D eigenvalue weighted by molar-refractivity contribution is 6.06. The lowest BCUT2D eigenvalue weighted by atomic mass is 9.91. The van der Waals surface area contributed by atoms with Gasteiger partial charge in [-0.3, -0.25) is 4.79 Å². The fourth-order valence-electron chi connectivity index (χ4n) is 3.36. The number of rotatable bonds is 4. The van der Waals surface area contributed by atoms with E-state index in [4.69, 9.17) is 9.72 Å². The molecule has 1 heterocycles. The van der Waals surface area contributed by atoms with Gasteiger partial charge in [0, 0.05) is 16.4 Å². The summed E-state index contributed by atoms with van der Waals surface area (Å²) in [5.41, 5.74) is 2.19. The predicted molar refractivity (Wildman–Crippen MR) is 119 cm³/mol. The number of pyridine rings is 1. The standard InChI is InChI=1S/C26H23NO3/c1-26(2,3)24(28)16-30-25(29)21-15-23(27-22-14-7-6-12-20(21)22)19-13-8-10-17-9-4-5-11-18(17)19/h4-15H,16H2,1-3H3. The Labute approximate surface area is 175 Å². The van der Waals surface area contributed by atoms with Crippen molar-refractivity contribution in [1.29, 1.82) is 0 Å². The Hall–Kier alpha value is -3.53. The number of hydrogen-bond donors (Lipinski definition) is 0. The first-order valence-electron chi connectivity index (χ1n) is 9.93. The van der Waals surface area contributed by atoms with Gasteiger partial charge in [-0.05, 0) is 22.9 Å². The zero-order chi connectivity index (χ0) is 21.3. The summed E-state index contributed by atoms with van der Waals surface area (Å²) in [7, 11) is 0. The summed E-state index contributed by atoms with van der Waals surface area (Å²) >= 11 is 0. The van der Waals surface area contributed by atoms with Crippen molar-refractivity contribution >= 4 is 33.4 Å². The second kappa shape index (κ2) is 7.71. The lowest BCUT2D eigenvalue weighted by molar-refractivity contribution is -0.129. The first-order valence-corrected chi connectivity index (χ1v) is 9.93. The Bertz CT molecular complexity index is 1260. The van der Waals surface area contributed by atoms with Crippen LogP contribution in [0.2, 0.25) is 0 Å². The van der Waals surface area contributed by atoms with Crippen molar-refractivity contribution in [3.63, 3.8) is 0 Å². The van der Waals surface area contributed by atoms with Crippen molar-refractivity contribution in [1.82, 2.24) is 4.98 Å². The summed E-state index contributed by atoms with van der Waals surface area (Å²) in [5, 5.41) is 2.87. The van der Waals surface area contributed by atoms with Gasteiger partial charge in [0.15, 0.2) is 12.4 Å². The molecule has 0 amide bonds. The Morgan fingerprint density at radius 1 is 0.867 bits per heavy atom. The average molecular weight is 397 g/mol. The summed E-state index contributed by atoms with van der Waals surface area (Å²) in [6, 6.07) is 23.3. The van der Waals surface area contributed by atoms with Crippen LogP contribution in [-0.2, 0) is 9.53 Å². The number of hydrogen-bond acceptors (Lipinski definition) is 4. The molecule has 0 atom stereocenters. The second-order valence-electron chi connectivity index (χ2n) is 8.35. The van der Waals surface area contributed by atoms with Crippen molar-refractivity contribution in [3.8, 4) is 11.3 Å². The van der Waals surface area contributed by atoms with Gasteiger partial charge in [-0.25, -0.2) is 9.78 Å². The fraction of sp³-hybridized carbons (Fsp3) is 0.192. The SMILES string of the molecule is CC(C)(C)C(=O)COC(=O)c1cc(-c2cccc3ccccc23)nc2ccccc12. The van der Waals surface area contributed by atoms with Gasteiger partial charge in [0.05, 0.1) is 16.8 Å². The molecule has 0 saturated heterocycles. The summed E-state index contributed by atoms with van der Waals surface area (Å²) in [4.78, 5) is 29.9. The normalized spacial score (nSPS) is 11.6. The van der Waals surface area contributed by atoms with E-state index in [-0.39, 0.29) is 12.4 Å². The molecule has 0 aliphatic rings. The van der Waals surface area contributed by atoms with Crippen LogP contribution in [0.25, 0.3) is 32.9 Å². The molecule has 0 fully saturated rings. The molecule has 0 unspecified atom stereocenters. The van der Waals surface area contributed by atoms with Gasteiger partial charge in [0.25, 0.3) is 0 Å². The van der Waals surface area contributed by atoms with E-state index in [0.29, 0.717) is 22.2 Å². The van der Waals surface area contributed by atoms with E-state index in [1.165, 1.54) is 0 Å². The monoisotopic (exact) mass is 397 g/mol. The molecule has 4 aromatic rings. The van der Waals surface area contributed by atoms with Crippen LogP contribution < -0.4 is 0 Å². The summed E-state index contributed by atoms with van der Waals surface area (Å²) in [5.74, 6) is -0.642. The molecule has 30 heavy (non-hydrogen) atoms. The van der Waals surface area contributed by atoms with Crippen LogP contribution in [0.3, 0.4) is 0 Å². The Morgan fingerprint density at radius 2 is 1.53 bits per heavy atom. The average Bonchev–Trinajstić information content (AvgIpc) is 2.75. The number of carbonyl (C=O) groups is 2. The smallest absolute Gasteiger partial charge is 0.339 e. The Balaban J connectivity index is 1.80. The zero-order valence-electron chi connectivity index (χ0n) is 17.3. The molecule has 3 aromatic carbocycles. The van der Waals surface area contributed by atoms with Gasteiger partial charge >= 0.3 is 5.97 Å². The number of carbonyl (C=O) groups excluding carboxylic acids is 2. The van der Waals surface area contributed by atoms with Crippen LogP contribution in [0.4, 0.5) is 0 Å². The highest BCUT2D eigenvalue weighted by Gasteiger charge is 2.24. The summed E-state index contributed by atoms with van der Waals surface area (Å²) < 4.78 is 5.39. The minimum atomic E-state index is -0.561. The van der Waals surface area contributed by atoms with Gasteiger partial charge in [0.1, 0.15) is 0 Å². The van der Waals surface area contributed by atoms with Crippen molar-refractivity contribution < 1.29 is 14.3 Å². The first kappa shape index (κ1) is 19.8. The first-order chi connectivity index (χ1) is 14.3. The minimum Gasteiger partial charge on any atom is -0.454 e. The topological polar surface area (TPSA) is 56.3 Å². The largest absolute Gasteiger partial charge is 0.454 e. The molecule has 0 radical (unpaired) electrons. The third-order valence-corrected chi connectivity index (χ3v) is 5.17. The Kier molecular flexibility index (Phi) is 5.08. The number of aromatic nitrogens is 1. The highest BCUT2D eigenvalue weighted by Crippen LogP contribution is 2.30. The number of ketones is 1. The number of nitrogens with zero attached hydrogens (tertiary/aromatic N) is 1. The molecule has 4 heteroatoms. The van der Waals surface area contributed by atoms with E-state index in [1.807, 2.05) is 87.5 Å². The number of fused-ring (bicyclic) bond motifs is 2. The third-order valence-electron chi connectivity index (χ3n) is 5.17. The van der Waals surface area contributed by atoms with Crippen LogP contribution >= 0.6 is 0 Å². The van der Waals surface area contributed by atoms with E-state index < -0.39 is 11.4 Å². The van der Waals surface area contributed by atoms with E-state index >= 15 is 0 Å². The van der Waals surface area contributed by atoms with Gasteiger partial charge in [-0.15, -0.1) is 0 Å². The van der Waals surface area contributed by atoms with Crippen LogP contribution in [0.15, 0.2) is 72.8 Å². The molecule has 0 aliphatic carbocycles. The minimum absolute atomic E-state index is 0.122. The van der Waals surface area contributed by atoms with Gasteiger partial charge in [-0.1, -0.05) is 81.4 Å². The van der Waals surface area contributed by atoms with Crippen molar-refractivity contribution in [2.45, 2.75) is 20.8 Å². The molecule has 0 bridgehead atoms. The Morgan fingerprint density at radius 3 is 2.30 bits per heavy atom. The lowest BCUT2D eigenvalue weighted by Crippen LogP contribution is -2.26. The third kappa shape index (κ3) is 3.81. The maximum atomic E-state index is 12.9. The number of ether oxygens (including phenoxy) is 1. The van der Waals surface area contributed by atoms with Crippen LogP contribution in [0.5, 0.6) is 0 Å². The number of para-hydroxylation sites is 1. The molecular weight excluding hydrogens is 374 g/mol. The van der Waals surface area contributed by atoms with Gasteiger partial charge in [-0.2, -0.15) is 0 Å². The molecular formula is C26H23NO3. The molecule has 4 nitrogen and oxygen atoms in total. The predicted octanol–water partition coefficient (Wildman–Crippen LogP) is 5.83. The summed E-state index contributed by atoms with van der Waals surface area (Å²) in [6.07, 6.45) is 0. The summed E-state index contributed by atoms with van der Waals surface area (Å²) in [6.45, 7) is 5.18. The van der Waals surface area contributed by atoms with Crippen molar-refractivity contribution in [2.24, 2.45) is 5.41 Å². The molecule has 1 aromatic heterocycles. The molecule has 4 rings (SSSR count). The van der Waals surface area contributed by atoms with Crippen molar-refractivity contribution in [2.75, 3.05) is 6.61 Å². The number of benzene rings is 3. The number of esters is 1. The molecule has 0 aliphatic heterocycles. The van der Waals surface area contributed by atoms with E-state index in [2.05, 4.69) is 0 Å². The maximum Gasteiger partial charge on any atom is 0.339 e. The number of Topliss-reactive ketones (excluding diaryl/α,β-unsaturated/α-hetero) is 1. The van der Waals surface area contributed by atoms with Gasteiger partial charge < -0.3 is 4.74 Å². The maximum absolute atomic E-state index is 12.9.